The van der Waals surface area contributed by atoms with Crippen LogP contribution in [0.3, 0.4) is 0 Å². The Bertz CT molecular complexity index is 370. The number of aromatic nitrogens is 2. The van der Waals surface area contributed by atoms with E-state index in [0.29, 0.717) is 12.1 Å². The highest BCUT2D eigenvalue weighted by atomic mass is 16.4. The number of rotatable bonds is 5. The van der Waals surface area contributed by atoms with Crippen molar-refractivity contribution in [2.24, 2.45) is 5.92 Å². The van der Waals surface area contributed by atoms with Crippen LogP contribution in [-0.2, 0) is 11.3 Å². The number of nitrogens with zero attached hydrogens (tertiary/aromatic N) is 2. The molecule has 0 bridgehead atoms. The Morgan fingerprint density at radius 1 is 1.50 bits per heavy atom. The smallest absolute Gasteiger partial charge is 0.306 e. The SMILES string of the molecule is CC(Cn1cccn1)NC1CCC(C(=O)O)CC1. The topological polar surface area (TPSA) is 67.2 Å². The number of hydrogen-bond donors (Lipinski definition) is 2. The predicted octanol–water partition coefficient (Wildman–Crippen LogP) is 1.50. The molecular weight excluding hydrogens is 230 g/mol. The van der Waals surface area contributed by atoms with E-state index in [4.69, 9.17) is 5.11 Å². The van der Waals surface area contributed by atoms with Gasteiger partial charge in [-0.2, -0.15) is 5.10 Å². The van der Waals surface area contributed by atoms with Crippen LogP contribution in [0.4, 0.5) is 0 Å². The van der Waals surface area contributed by atoms with E-state index in [9.17, 15) is 4.79 Å². The summed E-state index contributed by atoms with van der Waals surface area (Å²) >= 11 is 0. The molecule has 2 N–H and O–H groups in total. The van der Waals surface area contributed by atoms with Crippen LogP contribution in [-0.4, -0.2) is 32.9 Å². The lowest BCUT2D eigenvalue weighted by molar-refractivity contribution is -0.142. The Hall–Kier alpha value is -1.36. The van der Waals surface area contributed by atoms with Crippen LogP contribution in [0.5, 0.6) is 0 Å². The molecule has 1 saturated carbocycles. The normalized spacial score (nSPS) is 25.8. The number of carboxylic acid groups (broad SMARTS) is 1. The summed E-state index contributed by atoms with van der Waals surface area (Å²) in [5, 5.41) is 16.7. The zero-order valence-electron chi connectivity index (χ0n) is 10.7. The molecule has 5 nitrogen and oxygen atoms in total. The lowest BCUT2D eigenvalue weighted by Gasteiger charge is -2.29. The van der Waals surface area contributed by atoms with Gasteiger partial charge in [0.1, 0.15) is 0 Å². The van der Waals surface area contributed by atoms with Gasteiger partial charge in [0.2, 0.25) is 0 Å². The Kier molecular flexibility index (Phi) is 4.36. The second-order valence-corrected chi connectivity index (χ2v) is 5.18. The minimum Gasteiger partial charge on any atom is -0.481 e. The van der Waals surface area contributed by atoms with Gasteiger partial charge >= 0.3 is 5.97 Å². The fourth-order valence-electron chi connectivity index (χ4n) is 2.65. The largest absolute Gasteiger partial charge is 0.481 e. The standard InChI is InChI=1S/C13H21N3O2/c1-10(9-16-8-2-7-14-16)15-12-5-3-11(4-6-12)13(17)18/h2,7-8,10-12,15H,3-6,9H2,1H3,(H,17,18). The highest BCUT2D eigenvalue weighted by molar-refractivity contribution is 5.70. The molecular formula is C13H21N3O2. The number of hydrogen-bond acceptors (Lipinski definition) is 3. The zero-order chi connectivity index (χ0) is 13.0. The molecule has 1 aliphatic rings. The van der Waals surface area contributed by atoms with Crippen LogP contribution in [0.2, 0.25) is 0 Å². The number of nitrogens with one attached hydrogen (secondary N) is 1. The van der Waals surface area contributed by atoms with Crippen LogP contribution in [0.15, 0.2) is 18.5 Å². The van der Waals surface area contributed by atoms with E-state index in [-0.39, 0.29) is 5.92 Å². The molecule has 1 atom stereocenters. The number of carbonyl (C=O) groups is 1. The van der Waals surface area contributed by atoms with E-state index in [1.807, 2.05) is 16.9 Å². The molecule has 0 saturated heterocycles. The second kappa shape index (κ2) is 6.00. The third-order valence-electron chi connectivity index (χ3n) is 3.62. The Morgan fingerprint density at radius 2 is 2.22 bits per heavy atom. The molecule has 1 unspecified atom stereocenters. The fraction of sp³-hybridized carbons (Fsp3) is 0.692. The van der Waals surface area contributed by atoms with Gasteiger partial charge in [-0.15, -0.1) is 0 Å². The summed E-state index contributed by atoms with van der Waals surface area (Å²) in [7, 11) is 0. The Morgan fingerprint density at radius 3 is 2.78 bits per heavy atom. The average molecular weight is 251 g/mol. The van der Waals surface area contributed by atoms with Crippen molar-refractivity contribution in [1.82, 2.24) is 15.1 Å². The van der Waals surface area contributed by atoms with E-state index in [1.165, 1.54) is 0 Å². The van der Waals surface area contributed by atoms with Crippen molar-refractivity contribution >= 4 is 5.97 Å². The highest BCUT2D eigenvalue weighted by Crippen LogP contribution is 2.24. The van der Waals surface area contributed by atoms with E-state index in [2.05, 4.69) is 17.3 Å². The summed E-state index contributed by atoms with van der Waals surface area (Å²) in [6.07, 6.45) is 7.24. The maximum absolute atomic E-state index is 10.9. The molecule has 1 heterocycles. The molecule has 18 heavy (non-hydrogen) atoms. The number of aliphatic carboxylic acids is 1. The molecule has 5 heteroatoms. The van der Waals surface area contributed by atoms with Gasteiger partial charge in [0.25, 0.3) is 0 Å². The summed E-state index contributed by atoms with van der Waals surface area (Å²) in [6, 6.07) is 2.73. The molecule has 2 rings (SSSR count). The zero-order valence-corrected chi connectivity index (χ0v) is 10.7. The van der Waals surface area contributed by atoms with Crippen molar-refractivity contribution in [3.05, 3.63) is 18.5 Å². The van der Waals surface area contributed by atoms with Crippen molar-refractivity contribution in [2.45, 2.75) is 51.2 Å². The molecule has 1 aromatic rings. The van der Waals surface area contributed by atoms with Gasteiger partial charge in [-0.1, -0.05) is 0 Å². The predicted molar refractivity (Wildman–Crippen MR) is 68.2 cm³/mol. The first kappa shape index (κ1) is 13.1. The van der Waals surface area contributed by atoms with Crippen LogP contribution in [0, 0.1) is 5.92 Å². The molecule has 0 spiro atoms. The second-order valence-electron chi connectivity index (χ2n) is 5.18. The van der Waals surface area contributed by atoms with Gasteiger partial charge in [-0.05, 0) is 38.7 Å². The lowest BCUT2D eigenvalue weighted by atomic mass is 9.86. The molecule has 0 aromatic carbocycles. The molecule has 1 aromatic heterocycles. The van der Waals surface area contributed by atoms with Crippen molar-refractivity contribution in [3.63, 3.8) is 0 Å². The van der Waals surface area contributed by atoms with Crippen LogP contribution in [0.1, 0.15) is 32.6 Å². The molecule has 0 amide bonds. The van der Waals surface area contributed by atoms with Crippen LogP contribution >= 0.6 is 0 Å². The molecule has 100 valence electrons. The van der Waals surface area contributed by atoms with Gasteiger partial charge in [0.05, 0.1) is 12.5 Å². The monoisotopic (exact) mass is 251 g/mol. The summed E-state index contributed by atoms with van der Waals surface area (Å²) < 4.78 is 1.92. The van der Waals surface area contributed by atoms with Crippen LogP contribution < -0.4 is 5.32 Å². The third kappa shape index (κ3) is 3.57. The average Bonchev–Trinajstić information content (AvgIpc) is 2.82. The quantitative estimate of drug-likeness (QED) is 0.832. The van der Waals surface area contributed by atoms with Gasteiger partial charge < -0.3 is 10.4 Å². The minimum absolute atomic E-state index is 0.135. The van der Waals surface area contributed by atoms with Gasteiger partial charge in [-0.3, -0.25) is 9.48 Å². The highest BCUT2D eigenvalue weighted by Gasteiger charge is 2.26. The van der Waals surface area contributed by atoms with Crippen molar-refractivity contribution in [2.75, 3.05) is 0 Å². The van der Waals surface area contributed by atoms with Gasteiger partial charge in [0, 0.05) is 24.5 Å². The Balaban J connectivity index is 1.72. The molecule has 0 aliphatic heterocycles. The van der Waals surface area contributed by atoms with E-state index in [0.717, 1.165) is 32.2 Å². The summed E-state index contributed by atoms with van der Waals surface area (Å²) in [5.74, 6) is -0.775. The maximum atomic E-state index is 10.9. The Labute approximate surface area is 107 Å². The van der Waals surface area contributed by atoms with E-state index >= 15 is 0 Å². The minimum atomic E-state index is -0.641. The van der Waals surface area contributed by atoms with Gasteiger partial charge in [0.15, 0.2) is 0 Å². The van der Waals surface area contributed by atoms with Gasteiger partial charge in [-0.25, -0.2) is 0 Å². The molecule has 1 fully saturated rings. The summed E-state index contributed by atoms with van der Waals surface area (Å²) in [4.78, 5) is 10.9. The van der Waals surface area contributed by atoms with E-state index < -0.39 is 5.97 Å². The third-order valence-corrected chi connectivity index (χ3v) is 3.62. The molecule has 1 aliphatic carbocycles. The number of carboxylic acids is 1. The van der Waals surface area contributed by atoms with E-state index in [1.54, 1.807) is 6.20 Å². The first-order valence-corrected chi connectivity index (χ1v) is 6.61. The molecule has 0 radical (unpaired) electrons. The van der Waals surface area contributed by atoms with Crippen LogP contribution in [0.25, 0.3) is 0 Å². The summed E-state index contributed by atoms with van der Waals surface area (Å²) in [5.41, 5.74) is 0. The lowest BCUT2D eigenvalue weighted by Crippen LogP contribution is -2.41. The van der Waals surface area contributed by atoms with Crippen molar-refractivity contribution in [3.8, 4) is 0 Å². The van der Waals surface area contributed by atoms with Crippen molar-refractivity contribution in [1.29, 1.82) is 0 Å². The first-order valence-electron chi connectivity index (χ1n) is 6.61. The fourth-order valence-corrected chi connectivity index (χ4v) is 2.65. The first-order chi connectivity index (χ1) is 8.65. The summed E-state index contributed by atoms with van der Waals surface area (Å²) in [6.45, 7) is 3.00. The van der Waals surface area contributed by atoms with Crippen molar-refractivity contribution < 1.29 is 9.90 Å². The maximum Gasteiger partial charge on any atom is 0.306 e.